The van der Waals surface area contributed by atoms with Crippen molar-refractivity contribution >= 4 is 17.5 Å². The zero-order valence-electron chi connectivity index (χ0n) is 15.3. The summed E-state index contributed by atoms with van der Waals surface area (Å²) in [5, 5.41) is 10.8. The number of hydrogen-bond donors (Lipinski definition) is 2. The number of carboxylic acids is 1. The number of nitrogens with zero attached hydrogens (tertiary/aromatic N) is 5. The van der Waals surface area contributed by atoms with E-state index in [0.29, 0.717) is 36.7 Å². The second-order valence-electron chi connectivity index (χ2n) is 6.29. The molecule has 1 unspecified atom stereocenters. The van der Waals surface area contributed by atoms with E-state index in [4.69, 9.17) is 10.6 Å². The van der Waals surface area contributed by atoms with Gasteiger partial charge in [-0.15, -0.1) is 0 Å². The second kappa shape index (κ2) is 7.58. The molecule has 3 rings (SSSR count). The zero-order valence-corrected chi connectivity index (χ0v) is 15.3. The number of aliphatic imine (C=N–C) groups is 1. The smallest absolute Gasteiger partial charge is 0.314 e. The SMILES string of the molecule is C=C(N=C1C(C(=O)O)CCCN1N)c1ccc(-n2cnc(C)c2)c(OC)n1. The molecular weight excluding hydrogens is 348 g/mol. The molecule has 3 N–H and O–H groups in total. The average Bonchev–Trinajstić information content (AvgIpc) is 3.08. The molecule has 2 aromatic rings. The number of carbonyl (C=O) groups is 1. The predicted octanol–water partition coefficient (Wildman–Crippen LogP) is 1.62. The maximum Gasteiger partial charge on any atom is 0.314 e. The Kier molecular flexibility index (Phi) is 5.22. The van der Waals surface area contributed by atoms with Gasteiger partial charge >= 0.3 is 5.97 Å². The van der Waals surface area contributed by atoms with Crippen LogP contribution in [0.2, 0.25) is 0 Å². The van der Waals surface area contributed by atoms with Crippen LogP contribution in [0.3, 0.4) is 0 Å². The van der Waals surface area contributed by atoms with Gasteiger partial charge in [0.15, 0.2) is 0 Å². The van der Waals surface area contributed by atoms with Crippen molar-refractivity contribution in [1.29, 1.82) is 0 Å². The molecule has 3 heterocycles. The summed E-state index contributed by atoms with van der Waals surface area (Å²) < 4.78 is 7.20. The first-order valence-electron chi connectivity index (χ1n) is 8.49. The molecule has 2 aromatic heterocycles. The van der Waals surface area contributed by atoms with Gasteiger partial charge in [0.05, 0.1) is 30.5 Å². The first-order chi connectivity index (χ1) is 12.9. The lowest BCUT2D eigenvalue weighted by Gasteiger charge is -2.30. The first kappa shape index (κ1) is 18.6. The van der Waals surface area contributed by atoms with Gasteiger partial charge in [0.25, 0.3) is 0 Å². The number of amidine groups is 1. The third-order valence-corrected chi connectivity index (χ3v) is 4.36. The van der Waals surface area contributed by atoms with Crippen LogP contribution in [-0.4, -0.2) is 50.1 Å². The van der Waals surface area contributed by atoms with Crippen molar-refractivity contribution in [3.63, 3.8) is 0 Å². The highest BCUT2D eigenvalue weighted by atomic mass is 16.5. The largest absolute Gasteiger partial charge is 0.481 e. The molecule has 27 heavy (non-hydrogen) atoms. The highest BCUT2D eigenvalue weighted by Gasteiger charge is 2.31. The molecule has 0 spiro atoms. The zero-order chi connectivity index (χ0) is 19.6. The maximum absolute atomic E-state index is 11.5. The Morgan fingerprint density at radius 1 is 1.48 bits per heavy atom. The molecule has 0 saturated carbocycles. The summed E-state index contributed by atoms with van der Waals surface area (Å²) in [6.07, 6.45) is 4.73. The molecule has 1 aliphatic heterocycles. The molecule has 0 aromatic carbocycles. The summed E-state index contributed by atoms with van der Waals surface area (Å²) in [5.74, 6) is 4.90. The Labute approximate surface area is 156 Å². The number of hydrazine groups is 1. The van der Waals surface area contributed by atoms with Crippen LogP contribution in [0.15, 0.2) is 36.2 Å². The van der Waals surface area contributed by atoms with E-state index in [-0.39, 0.29) is 5.84 Å². The Balaban J connectivity index is 1.93. The van der Waals surface area contributed by atoms with Crippen molar-refractivity contribution in [3.05, 3.63) is 42.6 Å². The average molecular weight is 370 g/mol. The van der Waals surface area contributed by atoms with Gasteiger partial charge in [-0.1, -0.05) is 6.58 Å². The van der Waals surface area contributed by atoms with Gasteiger partial charge in [-0.2, -0.15) is 0 Å². The number of aromatic nitrogens is 3. The minimum Gasteiger partial charge on any atom is -0.481 e. The fraction of sp³-hybridized carbons (Fsp3) is 0.333. The third-order valence-electron chi connectivity index (χ3n) is 4.36. The molecule has 0 aliphatic carbocycles. The highest BCUT2D eigenvalue weighted by molar-refractivity contribution is 6.02. The van der Waals surface area contributed by atoms with Crippen molar-refractivity contribution in [1.82, 2.24) is 19.5 Å². The van der Waals surface area contributed by atoms with Gasteiger partial charge in [-0.05, 0) is 31.9 Å². The number of ether oxygens (including phenoxy) is 1. The molecule has 1 fully saturated rings. The maximum atomic E-state index is 11.5. The van der Waals surface area contributed by atoms with E-state index in [2.05, 4.69) is 21.5 Å². The Hall–Kier alpha value is -3.20. The molecule has 1 atom stereocenters. The van der Waals surface area contributed by atoms with E-state index in [9.17, 15) is 9.90 Å². The minimum absolute atomic E-state index is 0.286. The molecule has 0 amide bonds. The summed E-state index contributed by atoms with van der Waals surface area (Å²) >= 11 is 0. The fourth-order valence-electron chi connectivity index (χ4n) is 2.97. The monoisotopic (exact) mass is 370 g/mol. The Bertz CT molecular complexity index is 904. The summed E-state index contributed by atoms with van der Waals surface area (Å²) in [4.78, 5) is 24.5. The quantitative estimate of drug-likeness (QED) is 0.768. The summed E-state index contributed by atoms with van der Waals surface area (Å²) in [5.41, 5.74) is 2.39. The van der Waals surface area contributed by atoms with Crippen LogP contribution in [0.25, 0.3) is 11.4 Å². The van der Waals surface area contributed by atoms with E-state index in [1.807, 2.05) is 23.8 Å². The number of imidazole rings is 1. The first-order valence-corrected chi connectivity index (χ1v) is 8.49. The third kappa shape index (κ3) is 3.82. The van der Waals surface area contributed by atoms with Crippen LogP contribution < -0.4 is 10.6 Å². The lowest BCUT2D eigenvalue weighted by atomic mass is 9.97. The van der Waals surface area contributed by atoms with Crippen LogP contribution >= 0.6 is 0 Å². The van der Waals surface area contributed by atoms with Gasteiger partial charge in [-0.25, -0.2) is 20.8 Å². The van der Waals surface area contributed by atoms with Crippen molar-refractivity contribution in [2.45, 2.75) is 19.8 Å². The number of aliphatic carboxylic acids is 1. The number of rotatable bonds is 5. The van der Waals surface area contributed by atoms with Gasteiger partial charge in [0.2, 0.25) is 5.88 Å². The number of pyridine rings is 1. The van der Waals surface area contributed by atoms with E-state index in [0.717, 1.165) is 11.4 Å². The Morgan fingerprint density at radius 2 is 2.26 bits per heavy atom. The number of hydrogen-bond acceptors (Lipinski definition) is 6. The molecule has 142 valence electrons. The van der Waals surface area contributed by atoms with Crippen molar-refractivity contribution in [2.24, 2.45) is 16.8 Å². The molecule has 9 heteroatoms. The Morgan fingerprint density at radius 3 is 2.89 bits per heavy atom. The summed E-state index contributed by atoms with van der Waals surface area (Å²) in [6.45, 7) is 6.37. The topological polar surface area (TPSA) is 119 Å². The number of carboxylic acid groups (broad SMARTS) is 1. The van der Waals surface area contributed by atoms with Crippen LogP contribution in [0.5, 0.6) is 5.88 Å². The number of piperidine rings is 1. The molecule has 0 radical (unpaired) electrons. The van der Waals surface area contributed by atoms with E-state index < -0.39 is 11.9 Å². The number of aryl methyl sites for hydroxylation is 1. The summed E-state index contributed by atoms with van der Waals surface area (Å²) in [7, 11) is 1.53. The number of nitrogens with two attached hydrogens (primary N) is 1. The highest BCUT2D eigenvalue weighted by Crippen LogP contribution is 2.25. The minimum atomic E-state index is -0.951. The van der Waals surface area contributed by atoms with Crippen LogP contribution in [0.1, 0.15) is 24.2 Å². The lowest BCUT2D eigenvalue weighted by molar-refractivity contribution is -0.140. The van der Waals surface area contributed by atoms with E-state index in [1.54, 1.807) is 12.4 Å². The van der Waals surface area contributed by atoms with Crippen molar-refractivity contribution in [3.8, 4) is 11.6 Å². The van der Waals surface area contributed by atoms with Gasteiger partial charge in [0, 0.05) is 12.7 Å². The van der Waals surface area contributed by atoms with Crippen molar-refractivity contribution < 1.29 is 14.6 Å². The molecule has 0 bridgehead atoms. The number of methoxy groups -OCH3 is 1. The van der Waals surface area contributed by atoms with E-state index in [1.165, 1.54) is 12.1 Å². The normalized spacial score (nSPS) is 18.6. The predicted molar refractivity (Wildman–Crippen MR) is 100 cm³/mol. The van der Waals surface area contributed by atoms with Gasteiger partial charge < -0.3 is 14.4 Å². The van der Waals surface area contributed by atoms with Gasteiger partial charge in [0.1, 0.15) is 17.4 Å². The van der Waals surface area contributed by atoms with Crippen LogP contribution in [-0.2, 0) is 4.79 Å². The fourth-order valence-corrected chi connectivity index (χ4v) is 2.97. The second-order valence-corrected chi connectivity index (χ2v) is 6.29. The summed E-state index contributed by atoms with van der Waals surface area (Å²) in [6, 6.07) is 3.57. The van der Waals surface area contributed by atoms with Crippen LogP contribution in [0, 0.1) is 12.8 Å². The molecular formula is C18H22N6O3. The standard InChI is InChI=1S/C18H22N6O3/c1-11-9-23(10-20-11)15-7-6-14(22-17(15)27-3)12(2)21-16-13(18(25)26)5-4-8-24(16)19/h6-7,9-10,13H,2,4-5,8,19H2,1,3H3,(H,25,26). The lowest BCUT2D eigenvalue weighted by Crippen LogP contribution is -2.48. The molecule has 1 saturated heterocycles. The van der Waals surface area contributed by atoms with E-state index >= 15 is 0 Å². The van der Waals surface area contributed by atoms with Gasteiger partial charge in [-0.3, -0.25) is 9.80 Å². The molecule has 9 nitrogen and oxygen atoms in total. The molecule has 1 aliphatic rings. The van der Waals surface area contributed by atoms with Crippen molar-refractivity contribution in [2.75, 3.05) is 13.7 Å². The van der Waals surface area contributed by atoms with Crippen LogP contribution in [0.4, 0.5) is 0 Å².